The van der Waals surface area contributed by atoms with Crippen molar-refractivity contribution >= 4 is 11.4 Å². The predicted molar refractivity (Wildman–Crippen MR) is 76.4 cm³/mol. The normalized spacial score (nSPS) is 23.1. The van der Waals surface area contributed by atoms with Gasteiger partial charge in [-0.3, -0.25) is 10.1 Å². The van der Waals surface area contributed by atoms with Crippen molar-refractivity contribution in [1.29, 1.82) is 0 Å². The number of benzene rings is 1. The van der Waals surface area contributed by atoms with E-state index in [4.69, 9.17) is 5.73 Å². The molecule has 3 N–H and O–H groups in total. The van der Waals surface area contributed by atoms with Gasteiger partial charge < -0.3 is 11.1 Å². The zero-order chi connectivity index (χ0) is 14.0. The van der Waals surface area contributed by atoms with Crippen LogP contribution in [-0.2, 0) is 0 Å². The lowest BCUT2D eigenvalue weighted by atomic mass is 9.91. The van der Waals surface area contributed by atoms with Gasteiger partial charge in [-0.15, -0.1) is 0 Å². The first-order chi connectivity index (χ1) is 8.97. The number of aryl methyl sites for hydroxylation is 2. The number of anilines is 1. The number of hydrogen-bond donors (Lipinski definition) is 2. The smallest absolute Gasteiger partial charge is 0.274 e. The Bertz CT molecular complexity index is 480. The Morgan fingerprint density at radius 2 is 1.84 bits per heavy atom. The van der Waals surface area contributed by atoms with Crippen LogP contribution < -0.4 is 11.1 Å². The molecule has 0 spiro atoms. The lowest BCUT2D eigenvalue weighted by Gasteiger charge is -2.28. The van der Waals surface area contributed by atoms with Gasteiger partial charge in [0.1, 0.15) is 0 Å². The Labute approximate surface area is 113 Å². The van der Waals surface area contributed by atoms with Gasteiger partial charge in [-0.2, -0.15) is 0 Å². The van der Waals surface area contributed by atoms with E-state index in [-0.39, 0.29) is 10.6 Å². The molecule has 1 aliphatic carbocycles. The van der Waals surface area contributed by atoms with Crippen LogP contribution in [0.1, 0.15) is 36.8 Å². The number of nitrogens with zero attached hydrogens (tertiary/aromatic N) is 1. The second kappa shape index (κ2) is 5.57. The van der Waals surface area contributed by atoms with Crippen LogP contribution in [0.3, 0.4) is 0 Å². The highest BCUT2D eigenvalue weighted by Crippen LogP contribution is 2.29. The number of rotatable bonds is 3. The van der Waals surface area contributed by atoms with E-state index in [0.29, 0.717) is 17.6 Å². The second-order valence-electron chi connectivity index (χ2n) is 5.47. The van der Waals surface area contributed by atoms with Crippen LogP contribution in [0.15, 0.2) is 12.1 Å². The molecule has 5 nitrogen and oxygen atoms in total. The van der Waals surface area contributed by atoms with Crippen molar-refractivity contribution in [2.24, 2.45) is 5.73 Å². The second-order valence-corrected chi connectivity index (χ2v) is 5.47. The Morgan fingerprint density at radius 1 is 1.21 bits per heavy atom. The molecule has 5 heteroatoms. The summed E-state index contributed by atoms with van der Waals surface area (Å²) in [5, 5.41) is 14.4. The first-order valence-electron chi connectivity index (χ1n) is 6.75. The maximum absolute atomic E-state index is 11.0. The van der Waals surface area contributed by atoms with E-state index in [1.807, 2.05) is 13.0 Å². The van der Waals surface area contributed by atoms with Gasteiger partial charge in [0.2, 0.25) is 0 Å². The van der Waals surface area contributed by atoms with Crippen molar-refractivity contribution in [1.82, 2.24) is 0 Å². The van der Waals surface area contributed by atoms with Crippen LogP contribution in [-0.4, -0.2) is 17.0 Å². The fourth-order valence-electron chi connectivity index (χ4n) is 2.68. The Kier molecular flexibility index (Phi) is 4.04. The van der Waals surface area contributed by atoms with E-state index in [1.54, 1.807) is 13.0 Å². The fourth-order valence-corrected chi connectivity index (χ4v) is 2.68. The van der Waals surface area contributed by atoms with Gasteiger partial charge >= 0.3 is 0 Å². The molecule has 1 saturated carbocycles. The fraction of sp³-hybridized carbons (Fsp3) is 0.571. The quantitative estimate of drug-likeness (QED) is 0.649. The van der Waals surface area contributed by atoms with Crippen molar-refractivity contribution in [3.63, 3.8) is 0 Å². The van der Waals surface area contributed by atoms with Gasteiger partial charge in [0, 0.05) is 29.4 Å². The summed E-state index contributed by atoms with van der Waals surface area (Å²) in [5.41, 5.74) is 8.70. The van der Waals surface area contributed by atoms with Crippen molar-refractivity contribution in [3.8, 4) is 0 Å². The van der Waals surface area contributed by atoms with Gasteiger partial charge in [0.25, 0.3) is 5.69 Å². The number of nitro groups is 1. The van der Waals surface area contributed by atoms with Crippen molar-refractivity contribution in [3.05, 3.63) is 33.4 Å². The Morgan fingerprint density at radius 3 is 2.42 bits per heavy atom. The lowest BCUT2D eigenvalue weighted by Crippen LogP contribution is -2.33. The standard InChI is InChI=1S/C14H21N3O2/c1-9-7-10(2)14(17(18)19)8-13(9)16-12-5-3-11(15)4-6-12/h7-8,11-12,16H,3-6,15H2,1-2H3. The molecule has 0 aromatic heterocycles. The van der Waals surface area contributed by atoms with Crippen LogP contribution in [0, 0.1) is 24.0 Å². The van der Waals surface area contributed by atoms with E-state index in [0.717, 1.165) is 36.9 Å². The summed E-state index contributed by atoms with van der Waals surface area (Å²) >= 11 is 0. The maximum Gasteiger partial charge on any atom is 0.274 e. The average molecular weight is 263 g/mol. The lowest BCUT2D eigenvalue weighted by molar-refractivity contribution is -0.385. The molecular formula is C14H21N3O2. The number of nitrogens with two attached hydrogens (primary N) is 1. The largest absolute Gasteiger partial charge is 0.382 e. The minimum absolute atomic E-state index is 0.181. The molecule has 0 radical (unpaired) electrons. The van der Waals surface area contributed by atoms with Crippen LogP contribution in [0.25, 0.3) is 0 Å². The molecule has 1 aromatic carbocycles. The van der Waals surface area contributed by atoms with E-state index in [9.17, 15) is 10.1 Å². The summed E-state index contributed by atoms with van der Waals surface area (Å²) in [6.07, 6.45) is 4.10. The molecule has 0 bridgehead atoms. The van der Waals surface area contributed by atoms with Crippen LogP contribution in [0.4, 0.5) is 11.4 Å². The van der Waals surface area contributed by atoms with Gasteiger partial charge in [0.15, 0.2) is 0 Å². The molecule has 0 amide bonds. The van der Waals surface area contributed by atoms with Crippen molar-refractivity contribution in [2.75, 3.05) is 5.32 Å². The van der Waals surface area contributed by atoms with Gasteiger partial charge in [0.05, 0.1) is 4.92 Å². The van der Waals surface area contributed by atoms with E-state index >= 15 is 0 Å². The minimum Gasteiger partial charge on any atom is -0.382 e. The Balaban J connectivity index is 2.15. The highest BCUT2D eigenvalue weighted by atomic mass is 16.6. The molecular weight excluding hydrogens is 242 g/mol. The average Bonchev–Trinajstić information content (AvgIpc) is 2.34. The molecule has 2 rings (SSSR count). The van der Waals surface area contributed by atoms with Crippen LogP contribution in [0.5, 0.6) is 0 Å². The molecule has 0 heterocycles. The molecule has 0 atom stereocenters. The Hall–Kier alpha value is -1.62. The SMILES string of the molecule is Cc1cc(C)c([N+](=O)[O-])cc1NC1CCC(N)CC1. The molecule has 104 valence electrons. The van der Waals surface area contributed by atoms with E-state index in [1.165, 1.54) is 0 Å². The molecule has 1 aliphatic rings. The zero-order valence-electron chi connectivity index (χ0n) is 11.5. The number of hydrogen-bond acceptors (Lipinski definition) is 4. The van der Waals surface area contributed by atoms with Crippen molar-refractivity contribution < 1.29 is 4.92 Å². The van der Waals surface area contributed by atoms with Crippen molar-refractivity contribution in [2.45, 2.75) is 51.6 Å². The molecule has 0 saturated heterocycles. The molecule has 1 aromatic rings. The molecule has 0 unspecified atom stereocenters. The third-order valence-corrected chi connectivity index (χ3v) is 3.87. The summed E-state index contributed by atoms with van der Waals surface area (Å²) < 4.78 is 0. The summed E-state index contributed by atoms with van der Waals surface area (Å²) in [6.45, 7) is 3.75. The van der Waals surface area contributed by atoms with Gasteiger partial charge in [-0.05, 0) is 51.2 Å². The summed E-state index contributed by atoms with van der Waals surface area (Å²) in [7, 11) is 0. The first kappa shape index (κ1) is 13.8. The maximum atomic E-state index is 11.0. The van der Waals surface area contributed by atoms with Gasteiger partial charge in [-0.1, -0.05) is 0 Å². The first-order valence-corrected chi connectivity index (χ1v) is 6.75. The van der Waals surface area contributed by atoms with Crippen LogP contribution in [0.2, 0.25) is 0 Å². The van der Waals surface area contributed by atoms with E-state index < -0.39 is 0 Å². The third kappa shape index (κ3) is 3.23. The predicted octanol–water partition coefficient (Wildman–Crippen LogP) is 2.89. The molecule has 1 fully saturated rings. The highest BCUT2D eigenvalue weighted by Gasteiger charge is 2.20. The third-order valence-electron chi connectivity index (χ3n) is 3.87. The monoisotopic (exact) mass is 263 g/mol. The van der Waals surface area contributed by atoms with E-state index in [2.05, 4.69) is 5.32 Å². The van der Waals surface area contributed by atoms with Gasteiger partial charge in [-0.25, -0.2) is 0 Å². The minimum atomic E-state index is -0.323. The summed E-state index contributed by atoms with van der Waals surface area (Å²) in [4.78, 5) is 10.7. The zero-order valence-corrected chi connectivity index (χ0v) is 11.5. The molecule has 19 heavy (non-hydrogen) atoms. The van der Waals surface area contributed by atoms with Crippen LogP contribution >= 0.6 is 0 Å². The summed E-state index contributed by atoms with van der Waals surface area (Å²) in [5.74, 6) is 0. The molecule has 0 aliphatic heterocycles. The number of nitrogens with one attached hydrogen (secondary N) is 1. The summed E-state index contributed by atoms with van der Waals surface area (Å²) in [6, 6.07) is 4.21. The topological polar surface area (TPSA) is 81.2 Å². The number of nitro benzene ring substituents is 1. The highest BCUT2D eigenvalue weighted by molar-refractivity contribution is 5.60.